The van der Waals surface area contributed by atoms with Gasteiger partial charge in [0.15, 0.2) is 5.78 Å². The number of rotatable bonds is 4. The van der Waals surface area contributed by atoms with E-state index >= 15 is 0 Å². The summed E-state index contributed by atoms with van der Waals surface area (Å²) < 4.78 is 2.05. The molecule has 0 aliphatic heterocycles. The third-order valence-electron chi connectivity index (χ3n) is 4.19. The molecule has 0 amide bonds. The number of benzene rings is 2. The summed E-state index contributed by atoms with van der Waals surface area (Å²) in [6.07, 6.45) is 0. The van der Waals surface area contributed by atoms with Gasteiger partial charge in [0.05, 0.1) is 28.8 Å². The predicted molar refractivity (Wildman–Crippen MR) is 94.0 cm³/mol. The van der Waals surface area contributed by atoms with Gasteiger partial charge in [-0.15, -0.1) is 0 Å². The van der Waals surface area contributed by atoms with Crippen LogP contribution in [0.1, 0.15) is 28.7 Å². The van der Waals surface area contributed by atoms with Crippen LogP contribution in [-0.4, -0.2) is 22.4 Å². The fourth-order valence-electron chi connectivity index (χ4n) is 2.80. The highest BCUT2D eigenvalue weighted by Gasteiger charge is 2.14. The summed E-state index contributed by atoms with van der Waals surface area (Å²) in [7, 11) is 3.88. The molecule has 3 rings (SSSR count). The van der Waals surface area contributed by atoms with E-state index in [2.05, 4.69) is 11.1 Å². The summed E-state index contributed by atoms with van der Waals surface area (Å²) in [5.41, 5.74) is 3.89. The highest BCUT2D eigenvalue weighted by Crippen LogP contribution is 2.24. The average Bonchev–Trinajstić information content (AvgIpc) is 2.90. The number of Topliss-reactive ketones (excluding diaryl/α,β-unsaturated/α-hetero) is 1. The van der Waals surface area contributed by atoms with E-state index in [-0.39, 0.29) is 5.78 Å². The molecule has 120 valence electrons. The molecule has 0 aliphatic rings. The summed E-state index contributed by atoms with van der Waals surface area (Å²) >= 11 is 0. The molecule has 0 bridgehead atoms. The molecule has 0 radical (unpaired) electrons. The standard InChI is InChI=1S/C19H18N4O/c1-13(24)14-8-9-15(11-20)18(10-14)22(2)12-19-21-16-6-4-5-7-17(16)23(19)3/h4-10H,12H2,1-3H3. The van der Waals surface area contributed by atoms with Crippen LogP contribution < -0.4 is 4.90 Å². The van der Waals surface area contributed by atoms with Crippen LogP contribution in [0.25, 0.3) is 11.0 Å². The molecule has 5 heteroatoms. The van der Waals surface area contributed by atoms with Crippen molar-refractivity contribution in [3.05, 3.63) is 59.4 Å². The number of nitrogens with zero attached hydrogens (tertiary/aromatic N) is 4. The molecule has 1 aromatic heterocycles. The summed E-state index contributed by atoms with van der Waals surface area (Å²) in [5.74, 6) is 0.882. The van der Waals surface area contributed by atoms with Gasteiger partial charge in [0.1, 0.15) is 11.9 Å². The Hall–Kier alpha value is -3.13. The van der Waals surface area contributed by atoms with Gasteiger partial charge < -0.3 is 9.47 Å². The van der Waals surface area contributed by atoms with Crippen LogP contribution in [0.3, 0.4) is 0 Å². The van der Waals surface area contributed by atoms with Crippen LogP contribution in [0.15, 0.2) is 42.5 Å². The van der Waals surface area contributed by atoms with Crippen molar-refractivity contribution in [1.29, 1.82) is 5.26 Å². The first-order valence-corrected chi connectivity index (χ1v) is 7.68. The second-order valence-corrected chi connectivity index (χ2v) is 5.83. The zero-order valence-corrected chi connectivity index (χ0v) is 13.9. The van der Waals surface area contributed by atoms with Crippen molar-refractivity contribution < 1.29 is 4.79 Å². The Kier molecular flexibility index (Phi) is 4.05. The lowest BCUT2D eigenvalue weighted by atomic mass is 10.1. The highest BCUT2D eigenvalue weighted by atomic mass is 16.1. The fourth-order valence-corrected chi connectivity index (χ4v) is 2.80. The summed E-state index contributed by atoms with van der Waals surface area (Å²) in [6.45, 7) is 2.07. The monoisotopic (exact) mass is 318 g/mol. The second kappa shape index (κ2) is 6.17. The van der Waals surface area contributed by atoms with Crippen LogP contribution in [0.5, 0.6) is 0 Å². The molecule has 0 saturated carbocycles. The van der Waals surface area contributed by atoms with Crippen molar-refractivity contribution in [2.75, 3.05) is 11.9 Å². The van der Waals surface area contributed by atoms with Crippen molar-refractivity contribution in [2.45, 2.75) is 13.5 Å². The maximum absolute atomic E-state index is 11.6. The Labute approximate surface area is 140 Å². The van der Waals surface area contributed by atoms with Crippen LogP contribution >= 0.6 is 0 Å². The van der Waals surface area contributed by atoms with Crippen molar-refractivity contribution >= 4 is 22.5 Å². The lowest BCUT2D eigenvalue weighted by Crippen LogP contribution is -2.20. The van der Waals surface area contributed by atoms with Gasteiger partial charge in [-0.05, 0) is 37.3 Å². The minimum absolute atomic E-state index is 0.0168. The van der Waals surface area contributed by atoms with E-state index in [1.807, 2.05) is 47.8 Å². The van der Waals surface area contributed by atoms with Gasteiger partial charge >= 0.3 is 0 Å². The van der Waals surface area contributed by atoms with E-state index < -0.39 is 0 Å². The molecule has 24 heavy (non-hydrogen) atoms. The Bertz CT molecular complexity index is 965. The molecule has 0 saturated heterocycles. The highest BCUT2D eigenvalue weighted by molar-refractivity contribution is 5.95. The number of fused-ring (bicyclic) bond motifs is 1. The molecule has 0 unspecified atom stereocenters. The molecule has 0 fully saturated rings. The van der Waals surface area contributed by atoms with E-state index in [9.17, 15) is 10.1 Å². The maximum Gasteiger partial charge on any atom is 0.159 e. The Balaban J connectivity index is 1.98. The topological polar surface area (TPSA) is 61.9 Å². The number of para-hydroxylation sites is 2. The van der Waals surface area contributed by atoms with Crippen molar-refractivity contribution in [3.63, 3.8) is 0 Å². The van der Waals surface area contributed by atoms with E-state index in [1.165, 1.54) is 6.92 Å². The number of aryl methyl sites for hydroxylation is 1. The molecule has 0 atom stereocenters. The average molecular weight is 318 g/mol. The molecule has 0 spiro atoms. The molecule has 3 aromatic rings. The zero-order valence-electron chi connectivity index (χ0n) is 13.9. The molecule has 1 heterocycles. The lowest BCUT2D eigenvalue weighted by molar-refractivity contribution is 0.101. The smallest absolute Gasteiger partial charge is 0.159 e. The van der Waals surface area contributed by atoms with Crippen LogP contribution in [0, 0.1) is 11.3 Å². The summed E-state index contributed by atoms with van der Waals surface area (Å²) in [6, 6.07) is 15.3. The van der Waals surface area contributed by atoms with Crippen molar-refractivity contribution in [1.82, 2.24) is 9.55 Å². The minimum Gasteiger partial charge on any atom is -0.366 e. The van der Waals surface area contributed by atoms with Gasteiger partial charge in [-0.1, -0.05) is 12.1 Å². The normalized spacial score (nSPS) is 10.6. The first-order chi connectivity index (χ1) is 11.5. The number of carbonyl (C=O) groups excluding carboxylic acids is 1. The number of nitriles is 1. The number of hydrogen-bond donors (Lipinski definition) is 0. The first kappa shape index (κ1) is 15.8. The molecular weight excluding hydrogens is 300 g/mol. The van der Waals surface area contributed by atoms with Gasteiger partial charge in [0.25, 0.3) is 0 Å². The van der Waals surface area contributed by atoms with Gasteiger partial charge in [-0.25, -0.2) is 4.98 Å². The van der Waals surface area contributed by atoms with Gasteiger partial charge in [0, 0.05) is 19.7 Å². The number of hydrogen-bond acceptors (Lipinski definition) is 4. The van der Waals surface area contributed by atoms with Crippen LogP contribution in [0.2, 0.25) is 0 Å². The number of imidazole rings is 1. The summed E-state index contributed by atoms with van der Waals surface area (Å²) in [5, 5.41) is 9.35. The van der Waals surface area contributed by atoms with Crippen LogP contribution in [-0.2, 0) is 13.6 Å². The number of anilines is 1. The number of carbonyl (C=O) groups is 1. The molecular formula is C19H18N4O. The Morgan fingerprint density at radius 2 is 2.04 bits per heavy atom. The zero-order chi connectivity index (χ0) is 17.3. The predicted octanol–water partition coefficient (Wildman–Crippen LogP) is 3.28. The molecule has 5 nitrogen and oxygen atoms in total. The van der Waals surface area contributed by atoms with E-state index in [4.69, 9.17) is 0 Å². The van der Waals surface area contributed by atoms with E-state index in [0.717, 1.165) is 22.5 Å². The molecule has 0 N–H and O–H groups in total. The first-order valence-electron chi connectivity index (χ1n) is 7.68. The van der Waals surface area contributed by atoms with Gasteiger partial charge in [-0.3, -0.25) is 4.79 Å². The minimum atomic E-state index is -0.0168. The number of aromatic nitrogens is 2. The van der Waals surface area contributed by atoms with Crippen molar-refractivity contribution in [2.24, 2.45) is 7.05 Å². The number of ketones is 1. The Morgan fingerprint density at radius 1 is 1.29 bits per heavy atom. The summed E-state index contributed by atoms with van der Waals surface area (Å²) in [4.78, 5) is 18.2. The maximum atomic E-state index is 11.6. The van der Waals surface area contributed by atoms with E-state index in [0.29, 0.717) is 17.7 Å². The largest absolute Gasteiger partial charge is 0.366 e. The van der Waals surface area contributed by atoms with Crippen molar-refractivity contribution in [3.8, 4) is 6.07 Å². The quantitative estimate of drug-likeness (QED) is 0.693. The third-order valence-corrected chi connectivity index (χ3v) is 4.19. The van der Waals surface area contributed by atoms with Gasteiger partial charge in [0.2, 0.25) is 0 Å². The van der Waals surface area contributed by atoms with Gasteiger partial charge in [-0.2, -0.15) is 5.26 Å². The lowest BCUT2D eigenvalue weighted by Gasteiger charge is -2.20. The molecule has 2 aromatic carbocycles. The fraction of sp³-hybridized carbons (Fsp3) is 0.211. The van der Waals surface area contributed by atoms with E-state index in [1.54, 1.807) is 18.2 Å². The van der Waals surface area contributed by atoms with Crippen LogP contribution in [0.4, 0.5) is 5.69 Å². The Morgan fingerprint density at radius 3 is 2.71 bits per heavy atom. The SMILES string of the molecule is CC(=O)c1ccc(C#N)c(N(C)Cc2nc3ccccc3n2C)c1. The molecule has 0 aliphatic carbocycles. The third kappa shape index (κ3) is 2.74. The second-order valence-electron chi connectivity index (χ2n) is 5.83.